The van der Waals surface area contributed by atoms with Crippen molar-refractivity contribution >= 4 is 33.6 Å². The summed E-state index contributed by atoms with van der Waals surface area (Å²) < 4.78 is 48.6. The Morgan fingerprint density at radius 1 is 1.15 bits per heavy atom. The van der Waals surface area contributed by atoms with Gasteiger partial charge < -0.3 is 15.4 Å². The summed E-state index contributed by atoms with van der Waals surface area (Å²) in [7, 11) is 0. The molecule has 244 valence electrons. The number of ether oxygens (including phenoxy) is 1. The molecule has 0 amide bonds. The Bertz CT molecular complexity index is 1920. The third-order valence-corrected chi connectivity index (χ3v) is 10.3. The van der Waals surface area contributed by atoms with Gasteiger partial charge in [-0.1, -0.05) is 26.0 Å². The zero-order valence-electron chi connectivity index (χ0n) is 26.3. The van der Waals surface area contributed by atoms with Gasteiger partial charge >= 0.3 is 6.18 Å². The van der Waals surface area contributed by atoms with Crippen molar-refractivity contribution < 1.29 is 17.9 Å². The highest BCUT2D eigenvalue weighted by Gasteiger charge is 2.66. The number of nitrogens with zero attached hydrogens (tertiary/aromatic N) is 7. The summed E-state index contributed by atoms with van der Waals surface area (Å²) >= 11 is 1.63. The standard InChI is InChI=1S/C33H34F3N9OS/c1-31(2,3)18-40-29-20(11-38)12-39-28-19(10-37)8-21(9-24(28)29)41-30(26-13-45(43-42-26)32(5-6-32)33(34,35)36)25-17-47-27-14-44(7-4-23(25)27)22-15-46-16-22/h8-9,12-13,17,22,30,41H,4-7,14-16,18H2,1-3H3,(H,39,40). The summed E-state index contributed by atoms with van der Waals surface area (Å²) in [5.41, 5.74) is 2.51. The average molecular weight is 662 g/mol. The molecular weight excluding hydrogens is 627 g/mol. The number of hydrogen-bond donors (Lipinski definition) is 2. The number of halogens is 3. The molecule has 14 heteroatoms. The molecule has 1 atom stereocenters. The maximum Gasteiger partial charge on any atom is 0.413 e. The first-order valence-electron chi connectivity index (χ1n) is 15.6. The third-order valence-electron chi connectivity index (χ3n) is 9.27. The van der Waals surface area contributed by atoms with E-state index in [9.17, 15) is 23.7 Å². The lowest BCUT2D eigenvalue weighted by Crippen LogP contribution is -2.50. The maximum absolute atomic E-state index is 14.1. The molecule has 47 heavy (non-hydrogen) atoms. The van der Waals surface area contributed by atoms with E-state index in [0.29, 0.717) is 51.7 Å². The molecule has 7 rings (SSSR count). The number of aromatic nitrogens is 4. The Hall–Kier alpha value is -4.24. The second-order valence-electron chi connectivity index (χ2n) is 13.8. The van der Waals surface area contributed by atoms with Crippen LogP contribution in [-0.2, 0) is 23.2 Å². The number of anilines is 2. The normalized spacial score (nSPS) is 18.6. The topological polar surface area (TPSA) is 128 Å². The maximum atomic E-state index is 14.1. The Kier molecular flexibility index (Phi) is 7.66. The number of alkyl halides is 3. The average Bonchev–Trinajstić information content (AvgIpc) is 3.51. The van der Waals surface area contributed by atoms with Crippen molar-refractivity contribution in [3.63, 3.8) is 0 Å². The first kappa shape index (κ1) is 31.4. The number of hydrogen-bond acceptors (Lipinski definition) is 10. The fourth-order valence-corrected chi connectivity index (χ4v) is 7.47. The van der Waals surface area contributed by atoms with Crippen LogP contribution in [0.2, 0.25) is 0 Å². The van der Waals surface area contributed by atoms with Gasteiger partial charge in [0.25, 0.3) is 0 Å². The summed E-state index contributed by atoms with van der Waals surface area (Å²) in [6.45, 7) is 9.87. The molecule has 2 aliphatic heterocycles. The number of thiophene rings is 1. The van der Waals surface area contributed by atoms with Crippen LogP contribution in [0.25, 0.3) is 10.9 Å². The van der Waals surface area contributed by atoms with Crippen LogP contribution in [0.5, 0.6) is 0 Å². The summed E-state index contributed by atoms with van der Waals surface area (Å²) in [5.74, 6) is 0. The van der Waals surface area contributed by atoms with Crippen molar-refractivity contribution in [1.29, 1.82) is 10.5 Å². The van der Waals surface area contributed by atoms with Crippen molar-refractivity contribution in [3.05, 3.63) is 62.7 Å². The van der Waals surface area contributed by atoms with Crippen molar-refractivity contribution in [2.24, 2.45) is 5.41 Å². The molecule has 1 saturated carbocycles. The molecule has 1 unspecified atom stereocenters. The highest BCUT2D eigenvalue weighted by atomic mass is 32.1. The first-order chi connectivity index (χ1) is 22.4. The minimum absolute atomic E-state index is 0.0409. The van der Waals surface area contributed by atoms with Crippen molar-refractivity contribution in [1.82, 2.24) is 24.9 Å². The van der Waals surface area contributed by atoms with Crippen molar-refractivity contribution in [2.45, 2.75) is 70.4 Å². The molecule has 0 radical (unpaired) electrons. The van der Waals surface area contributed by atoms with Gasteiger partial charge in [-0.2, -0.15) is 23.7 Å². The number of rotatable bonds is 8. The fraction of sp³-hybridized carbons (Fsp3) is 0.485. The molecule has 4 aromatic rings. The number of nitriles is 2. The van der Waals surface area contributed by atoms with Crippen LogP contribution in [0.15, 0.2) is 29.9 Å². The molecule has 10 nitrogen and oxygen atoms in total. The molecule has 2 N–H and O–H groups in total. The molecule has 1 aromatic carbocycles. The zero-order valence-corrected chi connectivity index (χ0v) is 27.1. The van der Waals surface area contributed by atoms with Gasteiger partial charge in [-0.25, -0.2) is 4.68 Å². The lowest BCUT2D eigenvalue weighted by Gasteiger charge is -2.39. The van der Waals surface area contributed by atoms with Gasteiger partial charge in [0, 0.05) is 41.8 Å². The smallest absolute Gasteiger partial charge is 0.383 e. The monoisotopic (exact) mass is 661 g/mol. The van der Waals surface area contributed by atoms with Gasteiger partial charge in [-0.15, -0.1) is 16.4 Å². The first-order valence-corrected chi connectivity index (χ1v) is 16.5. The summed E-state index contributed by atoms with van der Waals surface area (Å²) in [6, 6.07) is 7.71. The Morgan fingerprint density at radius 3 is 2.55 bits per heavy atom. The highest BCUT2D eigenvalue weighted by molar-refractivity contribution is 7.10. The van der Waals surface area contributed by atoms with Crippen molar-refractivity contribution in [3.8, 4) is 12.1 Å². The summed E-state index contributed by atoms with van der Waals surface area (Å²) in [6.07, 6.45) is -0.879. The fourth-order valence-electron chi connectivity index (χ4n) is 6.32. The number of pyridine rings is 1. The molecule has 0 bridgehead atoms. The second-order valence-corrected chi connectivity index (χ2v) is 14.8. The van der Waals surface area contributed by atoms with Gasteiger partial charge in [-0.05, 0) is 53.3 Å². The van der Waals surface area contributed by atoms with Gasteiger partial charge in [0.2, 0.25) is 0 Å². The Balaban J connectivity index is 1.31. The number of fused-ring (bicyclic) bond motifs is 2. The molecule has 2 fully saturated rings. The minimum atomic E-state index is -4.45. The van der Waals surface area contributed by atoms with Gasteiger partial charge in [0.1, 0.15) is 17.8 Å². The quantitative estimate of drug-likeness (QED) is 0.230. The van der Waals surface area contributed by atoms with Gasteiger partial charge in [0.15, 0.2) is 5.54 Å². The number of benzene rings is 1. The van der Waals surface area contributed by atoms with E-state index < -0.39 is 17.8 Å². The molecule has 1 aliphatic carbocycles. The molecule has 0 spiro atoms. The van der Waals surface area contributed by atoms with E-state index in [1.54, 1.807) is 17.4 Å². The predicted molar refractivity (Wildman–Crippen MR) is 171 cm³/mol. The van der Waals surface area contributed by atoms with Crippen LogP contribution >= 0.6 is 11.3 Å². The second kappa shape index (κ2) is 11.5. The van der Waals surface area contributed by atoms with E-state index in [0.717, 1.165) is 48.5 Å². The lowest BCUT2D eigenvalue weighted by atomic mass is 9.95. The molecule has 3 aromatic heterocycles. The highest BCUT2D eigenvalue weighted by Crippen LogP contribution is 2.55. The SMILES string of the molecule is CC(C)(C)CNc1c(C#N)cnc2c(C#N)cc(NC(c3cn(C4(C(F)(F)F)CC4)nn3)c3csc4c3CCN(C3COC3)C4)cc12. The van der Waals surface area contributed by atoms with E-state index in [1.165, 1.54) is 17.3 Å². The molecular formula is C33H34F3N9OS. The van der Waals surface area contributed by atoms with Crippen LogP contribution in [-0.4, -0.2) is 63.4 Å². The predicted octanol–water partition coefficient (Wildman–Crippen LogP) is 6.10. The third kappa shape index (κ3) is 5.69. The van der Waals surface area contributed by atoms with E-state index >= 15 is 0 Å². The van der Waals surface area contributed by atoms with Crippen LogP contribution in [0.3, 0.4) is 0 Å². The van der Waals surface area contributed by atoms with E-state index in [2.05, 4.69) is 69.1 Å². The van der Waals surface area contributed by atoms with E-state index in [4.69, 9.17) is 4.74 Å². The number of nitrogens with one attached hydrogen (secondary N) is 2. The minimum Gasteiger partial charge on any atom is -0.383 e. The summed E-state index contributed by atoms with van der Waals surface area (Å²) in [5, 5.41) is 37.9. The lowest BCUT2D eigenvalue weighted by molar-refractivity contribution is -0.182. The Morgan fingerprint density at radius 2 is 1.91 bits per heavy atom. The largest absolute Gasteiger partial charge is 0.413 e. The summed E-state index contributed by atoms with van der Waals surface area (Å²) in [4.78, 5) is 8.07. The molecule has 1 saturated heterocycles. The van der Waals surface area contributed by atoms with Crippen LogP contribution in [0, 0.1) is 28.1 Å². The van der Waals surface area contributed by atoms with E-state index in [1.807, 2.05) is 6.07 Å². The zero-order chi connectivity index (χ0) is 33.1. The van der Waals surface area contributed by atoms with Crippen LogP contribution in [0.1, 0.15) is 72.5 Å². The van der Waals surface area contributed by atoms with Gasteiger partial charge in [-0.3, -0.25) is 9.88 Å². The molecule has 5 heterocycles. The van der Waals surface area contributed by atoms with Crippen molar-refractivity contribution in [2.75, 3.05) is 36.9 Å². The van der Waals surface area contributed by atoms with Gasteiger partial charge in [0.05, 0.1) is 53.8 Å². The Labute approximate surface area is 274 Å². The van der Waals surface area contributed by atoms with Crippen LogP contribution in [0.4, 0.5) is 24.5 Å². The van der Waals surface area contributed by atoms with Crippen LogP contribution < -0.4 is 10.6 Å². The van der Waals surface area contributed by atoms with E-state index in [-0.39, 0.29) is 18.3 Å². The molecule has 3 aliphatic rings.